The molecular weight excluding hydrogens is 262 g/mol. The third-order valence-corrected chi connectivity index (χ3v) is 3.54. The van der Waals surface area contributed by atoms with Crippen molar-refractivity contribution in [3.8, 4) is 16.3 Å². The van der Waals surface area contributed by atoms with Crippen LogP contribution in [0.4, 0.5) is 0 Å². The second-order valence-electron chi connectivity index (χ2n) is 3.88. The molecule has 0 unspecified atom stereocenters. The minimum Gasteiger partial charge on any atom is -0.497 e. The number of nitrogens with one attached hydrogen (secondary N) is 1. The van der Waals surface area contributed by atoms with E-state index in [4.69, 9.17) is 4.74 Å². The van der Waals surface area contributed by atoms with Crippen molar-refractivity contribution in [1.82, 2.24) is 25.6 Å². The number of aromatic amines is 1. The zero-order valence-corrected chi connectivity index (χ0v) is 11.0. The van der Waals surface area contributed by atoms with E-state index in [1.807, 2.05) is 29.6 Å². The lowest BCUT2D eigenvalue weighted by molar-refractivity contribution is 0.415. The lowest BCUT2D eigenvalue weighted by Gasteiger charge is -2.01. The molecule has 96 valence electrons. The topological polar surface area (TPSA) is 76.6 Å². The van der Waals surface area contributed by atoms with Gasteiger partial charge in [-0.25, -0.2) is 4.98 Å². The number of benzene rings is 1. The van der Waals surface area contributed by atoms with Gasteiger partial charge in [-0.05, 0) is 12.1 Å². The fourth-order valence-corrected chi connectivity index (χ4v) is 2.51. The number of tetrazole rings is 1. The van der Waals surface area contributed by atoms with E-state index in [0.29, 0.717) is 12.2 Å². The molecule has 1 aromatic carbocycles. The highest BCUT2D eigenvalue weighted by Gasteiger charge is 2.08. The summed E-state index contributed by atoms with van der Waals surface area (Å²) >= 11 is 1.59. The molecule has 0 spiro atoms. The summed E-state index contributed by atoms with van der Waals surface area (Å²) in [5, 5.41) is 16.8. The van der Waals surface area contributed by atoms with Crippen LogP contribution in [-0.2, 0) is 6.42 Å². The van der Waals surface area contributed by atoms with Gasteiger partial charge in [0.25, 0.3) is 0 Å². The van der Waals surface area contributed by atoms with Crippen LogP contribution in [-0.4, -0.2) is 32.7 Å². The van der Waals surface area contributed by atoms with Crippen LogP contribution in [0.2, 0.25) is 0 Å². The van der Waals surface area contributed by atoms with Crippen molar-refractivity contribution in [2.24, 2.45) is 0 Å². The Labute approximate surface area is 113 Å². The highest BCUT2D eigenvalue weighted by atomic mass is 32.1. The van der Waals surface area contributed by atoms with E-state index >= 15 is 0 Å². The average Bonchev–Trinajstić information content (AvgIpc) is 3.11. The monoisotopic (exact) mass is 273 g/mol. The Balaban J connectivity index is 1.84. The molecule has 0 atom stereocenters. The van der Waals surface area contributed by atoms with Crippen LogP contribution in [0, 0.1) is 0 Å². The van der Waals surface area contributed by atoms with E-state index < -0.39 is 0 Å². The van der Waals surface area contributed by atoms with Gasteiger partial charge in [0.05, 0.1) is 19.2 Å². The molecule has 0 amide bonds. The number of ether oxygens (including phenoxy) is 1. The minimum absolute atomic E-state index is 0.580. The van der Waals surface area contributed by atoms with Gasteiger partial charge in [0.15, 0.2) is 5.82 Å². The number of nitrogens with zero attached hydrogens (tertiary/aromatic N) is 4. The summed E-state index contributed by atoms with van der Waals surface area (Å²) in [6.07, 6.45) is 0.580. The highest BCUT2D eigenvalue weighted by molar-refractivity contribution is 7.13. The molecule has 0 radical (unpaired) electrons. The van der Waals surface area contributed by atoms with E-state index in [2.05, 4.69) is 25.6 Å². The summed E-state index contributed by atoms with van der Waals surface area (Å²) < 4.78 is 5.21. The number of H-pyrrole nitrogens is 1. The standard InChI is InChI=1S/C12H11N5OS/c1-18-10-4-2-3-8(5-10)12-13-9(7-19-12)6-11-14-16-17-15-11/h2-5,7H,6H2,1H3,(H,14,15,16,17). The van der Waals surface area contributed by atoms with Crippen molar-refractivity contribution >= 4 is 11.3 Å². The fraction of sp³-hybridized carbons (Fsp3) is 0.167. The highest BCUT2D eigenvalue weighted by Crippen LogP contribution is 2.27. The van der Waals surface area contributed by atoms with Crippen molar-refractivity contribution in [2.75, 3.05) is 7.11 Å². The van der Waals surface area contributed by atoms with Crippen molar-refractivity contribution < 1.29 is 4.74 Å². The van der Waals surface area contributed by atoms with Gasteiger partial charge in [-0.3, -0.25) is 0 Å². The van der Waals surface area contributed by atoms with Gasteiger partial charge in [0, 0.05) is 10.9 Å². The second kappa shape index (κ2) is 5.15. The number of hydrogen-bond donors (Lipinski definition) is 1. The SMILES string of the molecule is COc1cccc(-c2nc(Cc3nn[nH]n3)cs2)c1. The fourth-order valence-electron chi connectivity index (χ4n) is 1.70. The Bertz CT molecular complexity index is 664. The number of hydrogen-bond acceptors (Lipinski definition) is 6. The van der Waals surface area contributed by atoms with Gasteiger partial charge in [-0.2, -0.15) is 5.21 Å². The first-order chi connectivity index (χ1) is 9.35. The van der Waals surface area contributed by atoms with Crippen LogP contribution < -0.4 is 4.74 Å². The summed E-state index contributed by atoms with van der Waals surface area (Å²) in [4.78, 5) is 4.57. The first-order valence-electron chi connectivity index (χ1n) is 5.66. The largest absolute Gasteiger partial charge is 0.497 e. The predicted molar refractivity (Wildman–Crippen MR) is 71.1 cm³/mol. The maximum absolute atomic E-state index is 5.21. The normalized spacial score (nSPS) is 10.6. The van der Waals surface area contributed by atoms with Crippen molar-refractivity contribution in [3.63, 3.8) is 0 Å². The molecular formula is C12H11N5OS. The van der Waals surface area contributed by atoms with Crippen LogP contribution in [0.1, 0.15) is 11.5 Å². The first kappa shape index (κ1) is 11.8. The summed E-state index contributed by atoms with van der Waals surface area (Å²) in [6, 6.07) is 7.85. The molecule has 19 heavy (non-hydrogen) atoms. The van der Waals surface area contributed by atoms with Gasteiger partial charge < -0.3 is 4.74 Å². The molecule has 0 aliphatic carbocycles. The van der Waals surface area contributed by atoms with Gasteiger partial charge in [-0.15, -0.1) is 21.5 Å². The smallest absolute Gasteiger partial charge is 0.180 e. The lowest BCUT2D eigenvalue weighted by Crippen LogP contribution is -1.91. The van der Waals surface area contributed by atoms with Crippen LogP contribution in [0.5, 0.6) is 5.75 Å². The number of rotatable bonds is 4. The maximum atomic E-state index is 5.21. The van der Waals surface area contributed by atoms with Crippen molar-refractivity contribution in [3.05, 3.63) is 41.2 Å². The molecule has 0 fully saturated rings. The lowest BCUT2D eigenvalue weighted by atomic mass is 10.2. The summed E-state index contributed by atoms with van der Waals surface area (Å²) in [6.45, 7) is 0. The Morgan fingerprint density at radius 2 is 2.32 bits per heavy atom. The third kappa shape index (κ3) is 2.60. The van der Waals surface area contributed by atoms with Gasteiger partial charge >= 0.3 is 0 Å². The molecule has 0 bridgehead atoms. The molecule has 2 heterocycles. The number of thiazole rings is 1. The Morgan fingerprint density at radius 1 is 1.37 bits per heavy atom. The molecule has 2 aromatic heterocycles. The molecule has 6 nitrogen and oxygen atoms in total. The Kier molecular flexibility index (Phi) is 3.20. The summed E-state index contributed by atoms with van der Waals surface area (Å²) in [5.74, 6) is 1.47. The molecule has 0 saturated heterocycles. The first-order valence-corrected chi connectivity index (χ1v) is 6.54. The third-order valence-electron chi connectivity index (χ3n) is 2.60. The number of methoxy groups -OCH3 is 1. The van der Waals surface area contributed by atoms with Crippen molar-refractivity contribution in [1.29, 1.82) is 0 Å². The molecule has 0 aliphatic heterocycles. The molecule has 1 N–H and O–H groups in total. The second-order valence-corrected chi connectivity index (χ2v) is 4.74. The summed E-state index contributed by atoms with van der Waals surface area (Å²) in [7, 11) is 1.66. The van der Waals surface area contributed by atoms with E-state index in [1.54, 1.807) is 18.4 Å². The number of aromatic nitrogens is 5. The molecule has 7 heteroatoms. The Morgan fingerprint density at radius 3 is 3.11 bits per heavy atom. The minimum atomic E-state index is 0.580. The van der Waals surface area contributed by atoms with E-state index in [0.717, 1.165) is 22.0 Å². The van der Waals surface area contributed by atoms with Gasteiger partial charge in [0.1, 0.15) is 10.8 Å². The van der Waals surface area contributed by atoms with Gasteiger partial charge in [0.2, 0.25) is 0 Å². The van der Waals surface area contributed by atoms with Gasteiger partial charge in [-0.1, -0.05) is 17.3 Å². The molecule has 3 aromatic rings. The van der Waals surface area contributed by atoms with Crippen LogP contribution in [0.3, 0.4) is 0 Å². The van der Waals surface area contributed by atoms with Crippen LogP contribution in [0.15, 0.2) is 29.6 Å². The predicted octanol–water partition coefficient (Wildman–Crippen LogP) is 1.92. The zero-order chi connectivity index (χ0) is 13.1. The zero-order valence-electron chi connectivity index (χ0n) is 10.2. The molecule has 3 rings (SSSR count). The maximum Gasteiger partial charge on any atom is 0.180 e. The quantitative estimate of drug-likeness (QED) is 0.786. The average molecular weight is 273 g/mol. The van der Waals surface area contributed by atoms with Crippen molar-refractivity contribution in [2.45, 2.75) is 6.42 Å². The van der Waals surface area contributed by atoms with E-state index in [9.17, 15) is 0 Å². The molecule has 0 saturated carbocycles. The molecule has 0 aliphatic rings. The van der Waals surface area contributed by atoms with E-state index in [1.165, 1.54) is 0 Å². The van der Waals surface area contributed by atoms with E-state index in [-0.39, 0.29) is 0 Å². The summed E-state index contributed by atoms with van der Waals surface area (Å²) in [5.41, 5.74) is 1.98. The van der Waals surface area contributed by atoms with Crippen LogP contribution >= 0.6 is 11.3 Å². The van der Waals surface area contributed by atoms with Crippen LogP contribution in [0.25, 0.3) is 10.6 Å². The Hall–Kier alpha value is -2.28.